The number of ether oxygens (including phenoxy) is 3. The fraction of sp³-hybridized carbons (Fsp3) is 0.375. The molecule has 0 radical (unpaired) electrons. The van der Waals surface area contributed by atoms with E-state index < -0.39 is 5.79 Å². The average molecular weight is 489 g/mol. The Morgan fingerprint density at radius 2 is 1.94 bits per heavy atom. The van der Waals surface area contributed by atoms with Crippen LogP contribution in [0.25, 0.3) is 0 Å². The van der Waals surface area contributed by atoms with Crippen LogP contribution in [0.1, 0.15) is 5.56 Å². The number of rotatable bonds is 7. The van der Waals surface area contributed by atoms with E-state index in [4.69, 9.17) is 37.4 Å². The summed E-state index contributed by atoms with van der Waals surface area (Å²) in [5.41, 5.74) is 1.94. The maximum absolute atomic E-state index is 6.53. The zero-order valence-corrected chi connectivity index (χ0v) is 19.6. The van der Waals surface area contributed by atoms with Crippen molar-refractivity contribution in [2.75, 3.05) is 44.3 Å². The Labute approximate surface area is 203 Å². The van der Waals surface area contributed by atoms with E-state index in [0.29, 0.717) is 29.8 Å². The van der Waals surface area contributed by atoms with Gasteiger partial charge in [0.2, 0.25) is 5.79 Å². The quantitative estimate of drug-likeness (QED) is 0.543. The summed E-state index contributed by atoms with van der Waals surface area (Å²) in [5.74, 6) is -0.253. The fourth-order valence-electron chi connectivity index (χ4n) is 4.24. The molecule has 9 heteroatoms. The predicted molar refractivity (Wildman–Crippen MR) is 128 cm³/mol. The normalized spacial score (nSPS) is 23.1. The first-order valence-electron chi connectivity index (χ1n) is 11.0. The molecule has 0 bridgehead atoms. The van der Waals surface area contributed by atoms with E-state index >= 15 is 0 Å². The Hall–Kier alpha value is -2.29. The Balaban J connectivity index is 1.26. The first kappa shape index (κ1) is 22.5. The summed E-state index contributed by atoms with van der Waals surface area (Å²) in [6, 6.07) is 13.5. The third-order valence-corrected chi connectivity index (χ3v) is 6.45. The summed E-state index contributed by atoms with van der Waals surface area (Å²) in [6.45, 7) is 5.20. The van der Waals surface area contributed by atoms with Crippen LogP contribution in [0.4, 0.5) is 5.69 Å². The summed E-state index contributed by atoms with van der Waals surface area (Å²) < 4.78 is 20.6. The van der Waals surface area contributed by atoms with Crippen molar-refractivity contribution in [3.8, 4) is 5.75 Å². The van der Waals surface area contributed by atoms with E-state index in [-0.39, 0.29) is 6.10 Å². The molecule has 3 heterocycles. The van der Waals surface area contributed by atoms with Crippen LogP contribution < -0.4 is 15.0 Å². The number of hydrogen-bond donors (Lipinski definition) is 1. The molecule has 5 rings (SSSR count). The first-order valence-corrected chi connectivity index (χ1v) is 11.8. The molecule has 33 heavy (non-hydrogen) atoms. The van der Waals surface area contributed by atoms with E-state index in [0.717, 1.165) is 37.5 Å². The minimum absolute atomic E-state index is 0.256. The van der Waals surface area contributed by atoms with Gasteiger partial charge in [0.05, 0.1) is 24.5 Å². The molecule has 1 N–H and O–H groups in total. The minimum atomic E-state index is -1.05. The van der Waals surface area contributed by atoms with Gasteiger partial charge in [-0.3, -0.25) is 0 Å². The van der Waals surface area contributed by atoms with Crippen molar-refractivity contribution in [1.82, 2.24) is 14.9 Å². The molecular weight excluding hydrogens is 463 g/mol. The van der Waals surface area contributed by atoms with Crippen molar-refractivity contribution in [2.24, 2.45) is 0 Å². The molecule has 2 atom stereocenters. The minimum Gasteiger partial charge on any atom is -0.491 e. The molecule has 0 saturated carbocycles. The molecule has 2 saturated heterocycles. The second kappa shape index (κ2) is 9.91. The predicted octanol–water partition coefficient (Wildman–Crippen LogP) is 3.95. The highest BCUT2D eigenvalue weighted by Crippen LogP contribution is 2.40. The van der Waals surface area contributed by atoms with Crippen molar-refractivity contribution >= 4 is 28.9 Å². The van der Waals surface area contributed by atoms with Crippen LogP contribution in [0.3, 0.4) is 0 Å². The third kappa shape index (κ3) is 5.13. The van der Waals surface area contributed by atoms with Crippen molar-refractivity contribution in [3.05, 3.63) is 76.8 Å². The highest BCUT2D eigenvalue weighted by Gasteiger charge is 2.45. The summed E-state index contributed by atoms with van der Waals surface area (Å²) in [7, 11) is 0. The maximum Gasteiger partial charge on any atom is 0.215 e. The summed E-state index contributed by atoms with van der Waals surface area (Å²) >= 11 is 12.6. The van der Waals surface area contributed by atoms with Gasteiger partial charge in [0, 0.05) is 54.8 Å². The molecular formula is C24H26Cl2N4O3. The molecule has 0 spiro atoms. The number of piperazine rings is 1. The zero-order valence-electron chi connectivity index (χ0n) is 18.1. The van der Waals surface area contributed by atoms with E-state index in [9.17, 15) is 0 Å². The molecule has 2 fully saturated rings. The molecule has 2 aliphatic rings. The van der Waals surface area contributed by atoms with Crippen LogP contribution in [-0.2, 0) is 21.8 Å². The summed E-state index contributed by atoms with van der Waals surface area (Å²) in [4.78, 5) is 6.50. The van der Waals surface area contributed by atoms with Gasteiger partial charge in [-0.25, -0.2) is 4.98 Å². The number of anilines is 1. The van der Waals surface area contributed by atoms with Crippen LogP contribution in [0.5, 0.6) is 5.75 Å². The van der Waals surface area contributed by atoms with Crippen molar-refractivity contribution < 1.29 is 14.2 Å². The molecule has 7 nitrogen and oxygen atoms in total. The average Bonchev–Trinajstić information content (AvgIpc) is 3.49. The Bertz CT molecular complexity index is 1060. The van der Waals surface area contributed by atoms with Crippen molar-refractivity contribution in [3.63, 3.8) is 0 Å². The lowest BCUT2D eigenvalue weighted by Gasteiger charge is -2.30. The number of halogens is 2. The monoisotopic (exact) mass is 488 g/mol. The smallest absolute Gasteiger partial charge is 0.215 e. The van der Waals surface area contributed by atoms with Gasteiger partial charge in [0.15, 0.2) is 0 Å². The van der Waals surface area contributed by atoms with E-state index in [1.165, 1.54) is 5.69 Å². The van der Waals surface area contributed by atoms with E-state index in [1.807, 2.05) is 29.0 Å². The molecule has 0 unspecified atom stereocenters. The largest absolute Gasteiger partial charge is 0.491 e. The number of hydrogen-bond acceptors (Lipinski definition) is 6. The first-order chi connectivity index (χ1) is 16.1. The highest BCUT2D eigenvalue weighted by molar-refractivity contribution is 6.35. The van der Waals surface area contributed by atoms with Crippen LogP contribution in [0, 0.1) is 0 Å². The Morgan fingerprint density at radius 3 is 2.67 bits per heavy atom. The van der Waals surface area contributed by atoms with Gasteiger partial charge >= 0.3 is 0 Å². The maximum atomic E-state index is 6.53. The SMILES string of the molecule is Clc1ccc([C@@]2(Cn3ccnc3)OC[C@H](COc3ccc(N4CCNCC4)cc3)O2)c(Cl)c1. The van der Waals surface area contributed by atoms with Gasteiger partial charge in [0.1, 0.15) is 18.5 Å². The molecule has 1 aromatic heterocycles. The van der Waals surface area contributed by atoms with Gasteiger partial charge in [0.25, 0.3) is 0 Å². The second-order valence-electron chi connectivity index (χ2n) is 8.20. The Morgan fingerprint density at radius 1 is 1.12 bits per heavy atom. The standard InChI is InChI=1S/C24H26Cl2N4O3/c25-18-1-6-22(23(26)13-18)24(16-29-10-7-28-17-29)32-15-21(33-24)14-31-20-4-2-19(3-5-20)30-11-8-27-9-12-30/h1-7,10,13,17,21,27H,8-9,11-12,14-16H2/t21-,24-/m0/s1. The zero-order chi connectivity index (χ0) is 22.7. The van der Waals surface area contributed by atoms with Crippen molar-refractivity contribution in [1.29, 1.82) is 0 Å². The van der Waals surface area contributed by atoms with Gasteiger partial charge in [-0.1, -0.05) is 29.3 Å². The molecule has 0 amide bonds. The fourth-order valence-corrected chi connectivity index (χ4v) is 4.79. The number of aromatic nitrogens is 2. The van der Waals surface area contributed by atoms with Gasteiger partial charge in [-0.2, -0.15) is 0 Å². The summed E-state index contributed by atoms with van der Waals surface area (Å²) in [5, 5.41) is 4.43. The van der Waals surface area contributed by atoms with Crippen LogP contribution in [0.2, 0.25) is 10.0 Å². The number of benzene rings is 2. The molecule has 3 aromatic rings. The van der Waals surface area contributed by atoms with Crippen LogP contribution >= 0.6 is 23.2 Å². The van der Waals surface area contributed by atoms with Gasteiger partial charge < -0.3 is 29.0 Å². The van der Waals surface area contributed by atoms with E-state index in [1.54, 1.807) is 24.7 Å². The molecule has 2 aliphatic heterocycles. The lowest BCUT2D eigenvalue weighted by Crippen LogP contribution is -2.43. The summed E-state index contributed by atoms with van der Waals surface area (Å²) in [6.07, 6.45) is 5.05. The van der Waals surface area contributed by atoms with Gasteiger partial charge in [-0.15, -0.1) is 0 Å². The third-order valence-electron chi connectivity index (χ3n) is 5.91. The second-order valence-corrected chi connectivity index (χ2v) is 9.05. The van der Waals surface area contributed by atoms with Crippen LogP contribution in [-0.4, -0.2) is 55.0 Å². The molecule has 174 valence electrons. The topological polar surface area (TPSA) is 60.8 Å². The lowest BCUT2D eigenvalue weighted by molar-refractivity contribution is -0.189. The lowest BCUT2D eigenvalue weighted by atomic mass is 10.1. The Kier molecular flexibility index (Phi) is 6.76. The highest BCUT2D eigenvalue weighted by atomic mass is 35.5. The van der Waals surface area contributed by atoms with E-state index in [2.05, 4.69) is 27.3 Å². The van der Waals surface area contributed by atoms with Crippen molar-refractivity contribution in [2.45, 2.75) is 18.4 Å². The number of nitrogens with zero attached hydrogens (tertiary/aromatic N) is 3. The number of nitrogens with one attached hydrogen (secondary N) is 1. The molecule has 2 aromatic carbocycles. The van der Waals surface area contributed by atoms with Crippen LogP contribution in [0.15, 0.2) is 61.2 Å². The number of imidazole rings is 1. The molecule has 0 aliphatic carbocycles. The van der Waals surface area contributed by atoms with Gasteiger partial charge in [-0.05, 0) is 36.4 Å².